The molecule has 0 aliphatic rings. The lowest BCUT2D eigenvalue weighted by molar-refractivity contribution is -0.144. The maximum Gasteiger partial charge on any atom is 0.412 e. The lowest BCUT2D eigenvalue weighted by Gasteiger charge is -2.19. The molecular weight excluding hydrogens is 366 g/mol. The summed E-state index contributed by atoms with van der Waals surface area (Å²) in [5.74, 6) is -0.829. The van der Waals surface area contributed by atoms with Gasteiger partial charge in [-0.3, -0.25) is 10.1 Å². The van der Waals surface area contributed by atoms with Crippen LogP contribution in [0, 0.1) is 0 Å². The van der Waals surface area contributed by atoms with Crippen molar-refractivity contribution in [2.24, 2.45) is 0 Å². The number of nitrogens with one attached hydrogen (secondary N) is 1. The van der Waals surface area contributed by atoms with Crippen molar-refractivity contribution in [1.29, 1.82) is 0 Å². The van der Waals surface area contributed by atoms with E-state index in [4.69, 9.17) is 13.9 Å². The first-order chi connectivity index (χ1) is 13.2. The Hall–Kier alpha value is -3.29. The van der Waals surface area contributed by atoms with Crippen molar-refractivity contribution >= 4 is 23.7 Å². The number of amides is 1. The minimum atomic E-state index is -0.588. The van der Waals surface area contributed by atoms with Gasteiger partial charge in [0.2, 0.25) is 0 Å². The zero-order valence-corrected chi connectivity index (χ0v) is 16.2. The summed E-state index contributed by atoms with van der Waals surface area (Å²) < 4.78 is 20.1. The van der Waals surface area contributed by atoms with Crippen LogP contribution in [0.25, 0.3) is 0 Å². The maximum atomic E-state index is 12.0. The average molecular weight is 389 g/mol. The van der Waals surface area contributed by atoms with E-state index < -0.39 is 23.6 Å². The van der Waals surface area contributed by atoms with Crippen molar-refractivity contribution < 1.29 is 33.0 Å². The Morgan fingerprint density at radius 2 is 1.75 bits per heavy atom. The van der Waals surface area contributed by atoms with Gasteiger partial charge in [-0.1, -0.05) is 12.1 Å². The summed E-state index contributed by atoms with van der Waals surface area (Å²) in [7, 11) is 1.26. The molecule has 2 rings (SSSR count). The highest BCUT2D eigenvalue weighted by Crippen LogP contribution is 2.15. The van der Waals surface area contributed by atoms with Crippen LogP contribution in [0.5, 0.6) is 0 Å². The van der Waals surface area contributed by atoms with Gasteiger partial charge in [0.15, 0.2) is 5.76 Å². The van der Waals surface area contributed by atoms with Crippen LogP contribution in [0.4, 0.5) is 10.5 Å². The summed E-state index contributed by atoms with van der Waals surface area (Å²) in [6, 6.07) is 8.16. The fraction of sp³-hybridized carbons (Fsp3) is 0.350. The highest BCUT2D eigenvalue weighted by molar-refractivity contribution is 5.90. The number of carbonyl (C=O) groups is 3. The Labute approximate surface area is 162 Å². The molecule has 1 aromatic heterocycles. The smallest absolute Gasteiger partial charge is 0.412 e. The van der Waals surface area contributed by atoms with Crippen molar-refractivity contribution in [3.8, 4) is 0 Å². The Bertz CT molecular complexity index is 831. The molecule has 0 spiro atoms. The second-order valence-electron chi connectivity index (χ2n) is 6.91. The van der Waals surface area contributed by atoms with Gasteiger partial charge in [0.25, 0.3) is 0 Å². The number of benzene rings is 1. The lowest BCUT2D eigenvalue weighted by Crippen LogP contribution is -2.27. The fourth-order valence-corrected chi connectivity index (χ4v) is 2.24. The molecule has 150 valence electrons. The summed E-state index contributed by atoms with van der Waals surface area (Å²) >= 11 is 0. The third-order valence-corrected chi connectivity index (χ3v) is 3.46. The second kappa shape index (κ2) is 9.07. The van der Waals surface area contributed by atoms with Crippen molar-refractivity contribution in [2.45, 2.75) is 39.4 Å². The molecule has 8 heteroatoms. The largest absolute Gasteiger partial charge is 0.465 e. The van der Waals surface area contributed by atoms with Crippen LogP contribution in [0.1, 0.15) is 42.5 Å². The van der Waals surface area contributed by atoms with Crippen LogP contribution in [-0.4, -0.2) is 30.7 Å². The van der Waals surface area contributed by atoms with E-state index in [1.807, 2.05) is 0 Å². The molecule has 8 nitrogen and oxygen atoms in total. The van der Waals surface area contributed by atoms with Gasteiger partial charge < -0.3 is 18.6 Å². The van der Waals surface area contributed by atoms with Crippen LogP contribution < -0.4 is 5.32 Å². The molecule has 1 amide bonds. The molecule has 0 saturated carbocycles. The normalized spacial score (nSPS) is 10.9. The van der Waals surface area contributed by atoms with E-state index >= 15 is 0 Å². The van der Waals surface area contributed by atoms with Gasteiger partial charge in [-0.25, -0.2) is 9.59 Å². The van der Waals surface area contributed by atoms with Crippen LogP contribution >= 0.6 is 0 Å². The number of hydrogen-bond donors (Lipinski definition) is 1. The molecule has 0 bridgehead atoms. The molecule has 28 heavy (non-hydrogen) atoms. The van der Waals surface area contributed by atoms with Gasteiger partial charge in [0.1, 0.15) is 17.8 Å². The molecule has 0 atom stereocenters. The summed E-state index contributed by atoms with van der Waals surface area (Å²) in [6.45, 7) is 5.16. The minimum absolute atomic E-state index is 0.0288. The standard InChI is InChI=1S/C20H23NO7/c1-20(2,3)28-19(24)21-14-7-5-13(6-8-14)11-17(22)27-12-16-15(9-10-26-16)18(23)25-4/h5-10H,11-12H2,1-4H3,(H,21,24). The first-order valence-electron chi connectivity index (χ1n) is 8.57. The Kier molecular flexibility index (Phi) is 6.81. The zero-order valence-electron chi connectivity index (χ0n) is 16.2. The molecule has 1 heterocycles. The number of anilines is 1. The van der Waals surface area contributed by atoms with Crippen molar-refractivity contribution in [1.82, 2.24) is 0 Å². The molecule has 0 saturated heterocycles. The fourth-order valence-electron chi connectivity index (χ4n) is 2.24. The first-order valence-corrected chi connectivity index (χ1v) is 8.57. The molecular formula is C20H23NO7. The minimum Gasteiger partial charge on any atom is -0.465 e. The van der Waals surface area contributed by atoms with Crippen LogP contribution in [-0.2, 0) is 32.0 Å². The van der Waals surface area contributed by atoms with E-state index in [0.717, 1.165) is 0 Å². The number of rotatable bonds is 6. The molecule has 1 N–H and O–H groups in total. The third-order valence-electron chi connectivity index (χ3n) is 3.46. The van der Waals surface area contributed by atoms with E-state index in [9.17, 15) is 14.4 Å². The first kappa shape index (κ1) is 21.0. The molecule has 2 aromatic rings. The number of methoxy groups -OCH3 is 1. The summed E-state index contributed by atoms with van der Waals surface area (Å²) in [5, 5.41) is 2.61. The third kappa shape index (κ3) is 6.46. The van der Waals surface area contributed by atoms with Crippen LogP contribution in [0.3, 0.4) is 0 Å². The molecule has 0 aliphatic carbocycles. The Balaban J connectivity index is 1.85. The van der Waals surface area contributed by atoms with Crippen LogP contribution in [0.2, 0.25) is 0 Å². The number of ether oxygens (including phenoxy) is 3. The maximum absolute atomic E-state index is 12.0. The predicted molar refractivity (Wildman–Crippen MR) is 99.8 cm³/mol. The summed E-state index contributed by atoms with van der Waals surface area (Å²) in [4.78, 5) is 35.3. The van der Waals surface area contributed by atoms with Crippen molar-refractivity contribution in [3.05, 3.63) is 53.5 Å². The quantitative estimate of drug-likeness (QED) is 0.593. The van der Waals surface area contributed by atoms with E-state index in [1.165, 1.54) is 19.4 Å². The number of furan rings is 1. The topological polar surface area (TPSA) is 104 Å². The van der Waals surface area contributed by atoms with Gasteiger partial charge >= 0.3 is 18.0 Å². The number of hydrogen-bond acceptors (Lipinski definition) is 7. The van der Waals surface area contributed by atoms with Crippen molar-refractivity contribution in [2.75, 3.05) is 12.4 Å². The molecule has 0 aliphatic heterocycles. The van der Waals surface area contributed by atoms with Gasteiger partial charge in [-0.05, 0) is 44.5 Å². The van der Waals surface area contributed by atoms with Gasteiger partial charge in [0, 0.05) is 5.69 Å². The molecule has 0 radical (unpaired) electrons. The molecule has 0 fully saturated rings. The lowest BCUT2D eigenvalue weighted by atomic mass is 10.1. The van der Waals surface area contributed by atoms with Crippen LogP contribution in [0.15, 0.2) is 41.0 Å². The Morgan fingerprint density at radius 3 is 2.36 bits per heavy atom. The SMILES string of the molecule is COC(=O)c1ccoc1COC(=O)Cc1ccc(NC(=O)OC(C)(C)C)cc1. The second-order valence-corrected chi connectivity index (χ2v) is 6.91. The van der Waals surface area contributed by atoms with Gasteiger partial charge in [-0.2, -0.15) is 0 Å². The molecule has 0 unspecified atom stereocenters. The van der Waals surface area contributed by atoms with E-state index in [1.54, 1.807) is 45.0 Å². The highest BCUT2D eigenvalue weighted by atomic mass is 16.6. The van der Waals surface area contributed by atoms with Gasteiger partial charge in [0.05, 0.1) is 19.8 Å². The summed E-state index contributed by atoms with van der Waals surface area (Å²) in [5.41, 5.74) is 0.875. The van der Waals surface area contributed by atoms with Gasteiger partial charge in [-0.15, -0.1) is 0 Å². The predicted octanol–water partition coefficient (Wildman–Crippen LogP) is 3.70. The summed E-state index contributed by atoms with van der Waals surface area (Å²) in [6.07, 6.45) is 0.798. The van der Waals surface area contributed by atoms with E-state index in [2.05, 4.69) is 10.1 Å². The average Bonchev–Trinajstić information content (AvgIpc) is 3.08. The van der Waals surface area contributed by atoms with E-state index in [-0.39, 0.29) is 24.4 Å². The molecule has 1 aromatic carbocycles. The van der Waals surface area contributed by atoms with Crippen molar-refractivity contribution in [3.63, 3.8) is 0 Å². The Morgan fingerprint density at radius 1 is 1.07 bits per heavy atom. The zero-order chi connectivity index (χ0) is 20.7. The van der Waals surface area contributed by atoms with E-state index in [0.29, 0.717) is 11.3 Å². The number of carbonyl (C=O) groups excluding carboxylic acids is 3. The highest BCUT2D eigenvalue weighted by Gasteiger charge is 2.17. The number of esters is 2. The monoisotopic (exact) mass is 389 g/mol.